The van der Waals surface area contributed by atoms with Crippen LogP contribution in [-0.2, 0) is 13.1 Å². The minimum absolute atomic E-state index is 0.0815. The molecule has 7 heteroatoms. The van der Waals surface area contributed by atoms with E-state index in [1.54, 1.807) is 11.3 Å². The van der Waals surface area contributed by atoms with E-state index in [1.165, 1.54) is 36.0 Å². The highest BCUT2D eigenvalue weighted by molar-refractivity contribution is 7.09. The zero-order valence-electron chi connectivity index (χ0n) is 23.6. The number of halogens is 1. The number of likely N-dealkylation sites (tertiary alicyclic amines) is 1. The number of amides is 1. The first-order chi connectivity index (χ1) is 20.1. The number of rotatable bonds is 13. The standard InChI is InChI=1S/C34H39ClN4OS/c35-30-16-14-27(15-17-30)24-39(22-18-31(28-10-4-1-5-11-28)29-12-6-2-7-13-29)25-33-37-32(26-41-33)34(40)36-19-23-38-20-8-3-9-21-38/h1-2,4-7,10-17,26,31H,3,8-9,18-25H2,(H,36,40). The molecular weight excluding hydrogens is 548 g/mol. The van der Waals surface area contributed by atoms with E-state index in [2.05, 4.69) is 87.9 Å². The van der Waals surface area contributed by atoms with Crippen molar-refractivity contribution in [2.24, 2.45) is 0 Å². The molecule has 41 heavy (non-hydrogen) atoms. The Kier molecular flexibility index (Phi) is 11.0. The molecule has 1 N–H and O–H groups in total. The second kappa shape index (κ2) is 15.3. The fraction of sp³-hybridized carbons (Fsp3) is 0.353. The smallest absolute Gasteiger partial charge is 0.270 e. The number of aromatic nitrogens is 1. The lowest BCUT2D eigenvalue weighted by Crippen LogP contribution is -2.37. The van der Waals surface area contributed by atoms with Crippen molar-refractivity contribution in [3.8, 4) is 0 Å². The summed E-state index contributed by atoms with van der Waals surface area (Å²) in [6.45, 7) is 6.19. The second-order valence-corrected chi connectivity index (χ2v) is 12.2. The Morgan fingerprint density at radius 2 is 1.56 bits per heavy atom. The normalized spacial score (nSPS) is 14.0. The summed E-state index contributed by atoms with van der Waals surface area (Å²) >= 11 is 7.73. The third kappa shape index (κ3) is 8.98. The van der Waals surface area contributed by atoms with Gasteiger partial charge in [0.15, 0.2) is 0 Å². The molecule has 5 rings (SSSR count). The van der Waals surface area contributed by atoms with Gasteiger partial charge in [-0.1, -0.05) is 90.8 Å². The van der Waals surface area contributed by atoms with Crippen LogP contribution in [0.5, 0.6) is 0 Å². The zero-order valence-corrected chi connectivity index (χ0v) is 25.1. The summed E-state index contributed by atoms with van der Waals surface area (Å²) in [6, 6.07) is 29.6. The molecule has 0 spiro atoms. The van der Waals surface area contributed by atoms with Gasteiger partial charge in [-0.3, -0.25) is 9.69 Å². The molecule has 3 aromatic carbocycles. The van der Waals surface area contributed by atoms with Crippen LogP contribution >= 0.6 is 22.9 Å². The zero-order chi connectivity index (χ0) is 28.3. The van der Waals surface area contributed by atoms with Crippen LogP contribution in [0.2, 0.25) is 5.02 Å². The molecule has 1 aliphatic heterocycles. The van der Waals surface area contributed by atoms with Crippen LogP contribution in [-0.4, -0.2) is 53.4 Å². The number of hydrogen-bond donors (Lipinski definition) is 1. The fourth-order valence-electron chi connectivity index (χ4n) is 5.55. The number of carbonyl (C=O) groups is 1. The highest BCUT2D eigenvalue weighted by Gasteiger charge is 2.19. The molecule has 1 fully saturated rings. The van der Waals surface area contributed by atoms with Gasteiger partial charge in [0.25, 0.3) is 5.91 Å². The van der Waals surface area contributed by atoms with E-state index in [9.17, 15) is 4.79 Å². The highest BCUT2D eigenvalue weighted by atomic mass is 35.5. The van der Waals surface area contributed by atoms with E-state index in [0.717, 1.165) is 49.2 Å². The van der Waals surface area contributed by atoms with Gasteiger partial charge in [-0.15, -0.1) is 11.3 Å². The average molecular weight is 587 g/mol. The van der Waals surface area contributed by atoms with Crippen LogP contribution in [0.15, 0.2) is 90.3 Å². The van der Waals surface area contributed by atoms with Crippen LogP contribution in [0.4, 0.5) is 0 Å². The first-order valence-corrected chi connectivity index (χ1v) is 15.9. The molecule has 2 heterocycles. The van der Waals surface area contributed by atoms with Crippen LogP contribution in [0.1, 0.15) is 63.8 Å². The Balaban J connectivity index is 1.25. The van der Waals surface area contributed by atoms with E-state index in [1.807, 2.05) is 17.5 Å². The molecule has 5 nitrogen and oxygen atoms in total. The number of carbonyl (C=O) groups excluding carboxylic acids is 1. The Morgan fingerprint density at radius 1 is 0.902 bits per heavy atom. The highest BCUT2D eigenvalue weighted by Crippen LogP contribution is 2.29. The van der Waals surface area contributed by atoms with Crippen LogP contribution in [0, 0.1) is 0 Å². The molecule has 0 bridgehead atoms. The van der Waals surface area contributed by atoms with Crippen molar-refractivity contribution in [3.63, 3.8) is 0 Å². The van der Waals surface area contributed by atoms with E-state index in [-0.39, 0.29) is 5.91 Å². The number of hydrogen-bond acceptors (Lipinski definition) is 5. The van der Waals surface area contributed by atoms with Crippen molar-refractivity contribution < 1.29 is 4.79 Å². The van der Waals surface area contributed by atoms with Crippen molar-refractivity contribution in [2.45, 2.75) is 44.7 Å². The SMILES string of the molecule is O=C(NCCN1CCCCC1)c1csc(CN(CCC(c2ccccc2)c2ccccc2)Cc2ccc(Cl)cc2)n1. The largest absolute Gasteiger partial charge is 0.349 e. The topological polar surface area (TPSA) is 48.5 Å². The number of piperidine rings is 1. The van der Waals surface area contributed by atoms with Crippen molar-refractivity contribution in [1.82, 2.24) is 20.1 Å². The summed E-state index contributed by atoms with van der Waals surface area (Å²) in [4.78, 5) is 22.4. The summed E-state index contributed by atoms with van der Waals surface area (Å²) in [5.74, 6) is 0.213. The van der Waals surface area contributed by atoms with Gasteiger partial charge in [-0.2, -0.15) is 0 Å². The monoisotopic (exact) mass is 586 g/mol. The van der Waals surface area contributed by atoms with Gasteiger partial charge in [0.2, 0.25) is 0 Å². The molecule has 214 valence electrons. The van der Waals surface area contributed by atoms with Gasteiger partial charge in [-0.25, -0.2) is 4.98 Å². The molecule has 1 aliphatic rings. The Hall–Kier alpha value is -3.03. The minimum Gasteiger partial charge on any atom is -0.349 e. The Labute approximate surface area is 253 Å². The summed E-state index contributed by atoms with van der Waals surface area (Å²) in [7, 11) is 0. The number of benzene rings is 3. The fourth-order valence-corrected chi connectivity index (χ4v) is 6.49. The molecule has 1 saturated heterocycles. The molecule has 0 atom stereocenters. The Bertz CT molecular complexity index is 1300. The molecule has 1 aromatic heterocycles. The second-order valence-electron chi connectivity index (χ2n) is 10.8. The lowest BCUT2D eigenvalue weighted by molar-refractivity contribution is 0.0942. The predicted octanol–water partition coefficient (Wildman–Crippen LogP) is 7.24. The maximum atomic E-state index is 12.8. The summed E-state index contributed by atoms with van der Waals surface area (Å²) in [5, 5.41) is 6.66. The van der Waals surface area contributed by atoms with Gasteiger partial charge in [-0.05, 0) is 67.7 Å². The van der Waals surface area contributed by atoms with E-state index in [0.29, 0.717) is 24.7 Å². The van der Waals surface area contributed by atoms with Crippen LogP contribution in [0.3, 0.4) is 0 Å². The molecule has 0 aliphatic carbocycles. The van der Waals surface area contributed by atoms with Crippen molar-refractivity contribution >= 4 is 28.8 Å². The molecule has 4 aromatic rings. The summed E-state index contributed by atoms with van der Waals surface area (Å²) in [5.41, 5.74) is 4.37. The molecule has 0 unspecified atom stereocenters. The average Bonchev–Trinajstić information content (AvgIpc) is 3.48. The first-order valence-electron chi connectivity index (χ1n) is 14.7. The van der Waals surface area contributed by atoms with Gasteiger partial charge in [0.05, 0.1) is 6.54 Å². The minimum atomic E-state index is -0.0815. The number of nitrogens with zero attached hydrogens (tertiary/aromatic N) is 3. The predicted molar refractivity (Wildman–Crippen MR) is 170 cm³/mol. The summed E-state index contributed by atoms with van der Waals surface area (Å²) in [6.07, 6.45) is 4.80. The lowest BCUT2D eigenvalue weighted by atomic mass is 9.88. The Morgan fingerprint density at radius 3 is 2.22 bits per heavy atom. The van der Waals surface area contributed by atoms with E-state index in [4.69, 9.17) is 16.6 Å². The quantitative estimate of drug-likeness (QED) is 0.179. The van der Waals surface area contributed by atoms with Gasteiger partial charge in [0, 0.05) is 36.0 Å². The van der Waals surface area contributed by atoms with Crippen LogP contribution < -0.4 is 5.32 Å². The molecular formula is C34H39ClN4OS. The number of nitrogens with one attached hydrogen (secondary N) is 1. The van der Waals surface area contributed by atoms with Crippen molar-refractivity contribution in [3.05, 3.63) is 123 Å². The third-order valence-corrected chi connectivity index (χ3v) is 8.85. The van der Waals surface area contributed by atoms with Crippen molar-refractivity contribution in [2.75, 3.05) is 32.7 Å². The maximum Gasteiger partial charge on any atom is 0.270 e. The number of thiazole rings is 1. The molecule has 0 radical (unpaired) electrons. The molecule has 1 amide bonds. The van der Waals surface area contributed by atoms with Gasteiger partial charge >= 0.3 is 0 Å². The van der Waals surface area contributed by atoms with Crippen molar-refractivity contribution in [1.29, 1.82) is 0 Å². The van der Waals surface area contributed by atoms with Gasteiger partial charge in [0.1, 0.15) is 10.7 Å². The third-order valence-electron chi connectivity index (χ3n) is 7.76. The maximum absolute atomic E-state index is 12.8. The van der Waals surface area contributed by atoms with Crippen LogP contribution in [0.25, 0.3) is 0 Å². The van der Waals surface area contributed by atoms with E-state index < -0.39 is 0 Å². The first kappa shape index (κ1) is 29.5. The van der Waals surface area contributed by atoms with Gasteiger partial charge < -0.3 is 10.2 Å². The molecule has 0 saturated carbocycles. The summed E-state index contributed by atoms with van der Waals surface area (Å²) < 4.78 is 0. The van der Waals surface area contributed by atoms with E-state index >= 15 is 0 Å². The lowest BCUT2D eigenvalue weighted by Gasteiger charge is -2.26.